The number of allylic oxidation sites excluding steroid dienone is 2. The van der Waals surface area contributed by atoms with E-state index in [1.165, 1.54) is 19.3 Å². The Labute approximate surface area is 117 Å². The minimum atomic E-state index is 0.0337. The van der Waals surface area contributed by atoms with Gasteiger partial charge < -0.3 is 0 Å². The molecule has 18 heavy (non-hydrogen) atoms. The summed E-state index contributed by atoms with van der Waals surface area (Å²) in [5.74, 6) is 1.47. The molecule has 2 aliphatic rings. The van der Waals surface area contributed by atoms with Gasteiger partial charge in [0.15, 0.2) is 0 Å². The quantitative estimate of drug-likeness (QED) is 0.386. The molecule has 1 saturated carbocycles. The second-order valence-electron chi connectivity index (χ2n) is 6.92. The van der Waals surface area contributed by atoms with Gasteiger partial charge in [-0.3, -0.25) is 0 Å². The molecule has 0 bridgehead atoms. The molecule has 0 N–H and O–H groups in total. The molecule has 0 heterocycles. The van der Waals surface area contributed by atoms with E-state index in [-0.39, 0.29) is 5.54 Å². The monoisotopic (exact) mass is 263 g/mol. The first kappa shape index (κ1) is 14.0. The smallest absolute Gasteiger partial charge is 0.0691 e. The first-order valence-electron chi connectivity index (χ1n) is 7.21. The molecule has 0 radical (unpaired) electrons. The van der Waals surface area contributed by atoms with E-state index in [1.807, 2.05) is 0 Å². The summed E-state index contributed by atoms with van der Waals surface area (Å²) in [4.78, 5) is 4.45. The molecule has 1 fully saturated rings. The van der Waals surface area contributed by atoms with E-state index in [1.54, 1.807) is 5.57 Å². The number of nitrogens with zero attached hydrogens (tertiary/aromatic N) is 1. The Hall–Kier alpha value is -0.460. The average Bonchev–Trinajstić information content (AvgIpc) is 2.62. The number of isothiocyanates is 1. The Kier molecular flexibility index (Phi) is 3.80. The highest BCUT2D eigenvalue weighted by molar-refractivity contribution is 7.78. The van der Waals surface area contributed by atoms with Gasteiger partial charge in [-0.1, -0.05) is 32.4 Å². The molecule has 100 valence electrons. The average molecular weight is 263 g/mol. The highest BCUT2D eigenvalue weighted by Gasteiger charge is 2.48. The third kappa shape index (κ3) is 2.46. The predicted octanol–water partition coefficient (Wildman–Crippen LogP) is 5.03. The molecular weight excluding hydrogens is 238 g/mol. The Bertz CT molecular complexity index is 405. The van der Waals surface area contributed by atoms with E-state index in [2.05, 4.69) is 43.9 Å². The summed E-state index contributed by atoms with van der Waals surface area (Å²) in [5, 5.41) is 2.61. The van der Waals surface area contributed by atoms with Gasteiger partial charge in [0, 0.05) is 0 Å². The number of hydrogen-bond acceptors (Lipinski definition) is 2. The highest BCUT2D eigenvalue weighted by Crippen LogP contribution is 2.55. The van der Waals surface area contributed by atoms with Crippen molar-refractivity contribution in [3.05, 3.63) is 11.6 Å². The first-order chi connectivity index (χ1) is 8.41. The van der Waals surface area contributed by atoms with Gasteiger partial charge in [0.1, 0.15) is 0 Å². The maximum absolute atomic E-state index is 4.81. The molecule has 3 atom stereocenters. The van der Waals surface area contributed by atoms with Crippen molar-refractivity contribution in [2.45, 2.75) is 65.3 Å². The lowest BCUT2D eigenvalue weighted by Crippen LogP contribution is -2.31. The molecule has 0 unspecified atom stereocenters. The van der Waals surface area contributed by atoms with Gasteiger partial charge in [-0.2, -0.15) is 0 Å². The van der Waals surface area contributed by atoms with Crippen LogP contribution < -0.4 is 0 Å². The number of aliphatic imine (C=N–C) groups is 1. The number of thiocarbonyl (C=S) groups is 1. The van der Waals surface area contributed by atoms with Gasteiger partial charge in [-0.05, 0) is 68.5 Å². The minimum Gasteiger partial charge on any atom is -0.226 e. The minimum absolute atomic E-state index is 0.0337. The zero-order valence-corrected chi connectivity index (χ0v) is 12.9. The van der Waals surface area contributed by atoms with Gasteiger partial charge in [-0.25, -0.2) is 4.99 Å². The topological polar surface area (TPSA) is 12.4 Å². The molecule has 0 aromatic rings. The van der Waals surface area contributed by atoms with Crippen LogP contribution in [0.25, 0.3) is 0 Å². The van der Waals surface area contributed by atoms with Crippen LogP contribution in [0.15, 0.2) is 16.6 Å². The molecule has 0 amide bonds. The van der Waals surface area contributed by atoms with E-state index in [0.29, 0.717) is 11.3 Å². The van der Waals surface area contributed by atoms with Crippen LogP contribution in [0.5, 0.6) is 0 Å². The second-order valence-corrected chi connectivity index (χ2v) is 7.11. The SMILES string of the molecule is CC(C)C1=C[C@@]2(CC[C@@](C)(N=C=S)C2)[C@@H](C)CC1. The lowest BCUT2D eigenvalue weighted by Gasteiger charge is -2.39. The van der Waals surface area contributed by atoms with Crippen molar-refractivity contribution in [1.29, 1.82) is 0 Å². The van der Waals surface area contributed by atoms with Crippen molar-refractivity contribution < 1.29 is 0 Å². The Morgan fingerprint density at radius 3 is 2.78 bits per heavy atom. The van der Waals surface area contributed by atoms with E-state index in [0.717, 1.165) is 18.8 Å². The number of rotatable bonds is 2. The third-order valence-electron chi connectivity index (χ3n) is 5.22. The summed E-state index contributed by atoms with van der Waals surface area (Å²) in [6.07, 6.45) is 8.80. The molecule has 2 rings (SSSR count). The Balaban J connectivity index is 2.30. The van der Waals surface area contributed by atoms with Crippen LogP contribution in [0, 0.1) is 17.3 Å². The zero-order chi connectivity index (χ0) is 13.4. The van der Waals surface area contributed by atoms with Crippen LogP contribution in [0.2, 0.25) is 0 Å². The summed E-state index contributed by atoms with van der Waals surface area (Å²) in [6, 6.07) is 0. The molecular formula is C16H25NS. The summed E-state index contributed by atoms with van der Waals surface area (Å²) < 4.78 is 0. The van der Waals surface area contributed by atoms with Crippen LogP contribution >= 0.6 is 12.2 Å². The van der Waals surface area contributed by atoms with E-state index in [4.69, 9.17) is 12.2 Å². The summed E-state index contributed by atoms with van der Waals surface area (Å²) in [6.45, 7) is 9.30. The van der Waals surface area contributed by atoms with Gasteiger partial charge in [0.25, 0.3) is 0 Å². The Morgan fingerprint density at radius 1 is 1.44 bits per heavy atom. The second kappa shape index (κ2) is 4.90. The molecule has 0 saturated heterocycles. The van der Waals surface area contributed by atoms with Crippen LogP contribution in [0.4, 0.5) is 0 Å². The van der Waals surface area contributed by atoms with Crippen LogP contribution in [-0.4, -0.2) is 10.7 Å². The lowest BCUT2D eigenvalue weighted by molar-refractivity contribution is 0.209. The molecule has 0 aromatic heterocycles. The van der Waals surface area contributed by atoms with E-state index in [9.17, 15) is 0 Å². The first-order valence-corrected chi connectivity index (χ1v) is 7.62. The van der Waals surface area contributed by atoms with Crippen LogP contribution in [0.3, 0.4) is 0 Å². The largest absolute Gasteiger partial charge is 0.226 e. The maximum Gasteiger partial charge on any atom is 0.0691 e. The fraction of sp³-hybridized carbons (Fsp3) is 0.812. The molecule has 1 spiro atoms. The van der Waals surface area contributed by atoms with Gasteiger partial charge in [-0.15, -0.1) is 0 Å². The van der Waals surface area contributed by atoms with Crippen molar-refractivity contribution in [2.75, 3.05) is 0 Å². The van der Waals surface area contributed by atoms with Gasteiger partial charge in [0.2, 0.25) is 0 Å². The zero-order valence-electron chi connectivity index (χ0n) is 12.1. The molecule has 0 aliphatic heterocycles. The van der Waals surface area contributed by atoms with Crippen LogP contribution in [-0.2, 0) is 0 Å². The highest BCUT2D eigenvalue weighted by atomic mass is 32.1. The normalized spacial score (nSPS) is 39.8. The fourth-order valence-corrected chi connectivity index (χ4v) is 4.07. The molecule has 1 nitrogen and oxygen atoms in total. The van der Waals surface area contributed by atoms with Crippen molar-refractivity contribution in [1.82, 2.24) is 0 Å². The summed E-state index contributed by atoms with van der Waals surface area (Å²) in [5.41, 5.74) is 2.07. The predicted molar refractivity (Wildman–Crippen MR) is 81.0 cm³/mol. The lowest BCUT2D eigenvalue weighted by atomic mass is 9.66. The van der Waals surface area contributed by atoms with Gasteiger partial charge >= 0.3 is 0 Å². The van der Waals surface area contributed by atoms with Crippen LogP contribution in [0.1, 0.15) is 59.8 Å². The fourth-order valence-electron chi connectivity index (χ4n) is 3.85. The maximum atomic E-state index is 4.81. The Morgan fingerprint density at radius 2 is 2.17 bits per heavy atom. The van der Waals surface area contributed by atoms with Gasteiger partial charge in [0.05, 0.1) is 10.7 Å². The summed E-state index contributed by atoms with van der Waals surface area (Å²) in [7, 11) is 0. The molecule has 0 aromatic carbocycles. The third-order valence-corrected chi connectivity index (χ3v) is 5.31. The van der Waals surface area contributed by atoms with Crippen molar-refractivity contribution in [2.24, 2.45) is 22.2 Å². The standard InChI is InChI=1S/C16H25NS/c1-12(2)14-6-5-13(3)16(9-14)8-7-15(4,10-16)17-11-18/h9,12-13H,5-8,10H2,1-4H3/t13-,15+,16+/m0/s1. The molecule has 2 heteroatoms. The van der Waals surface area contributed by atoms with E-state index < -0.39 is 0 Å². The van der Waals surface area contributed by atoms with E-state index >= 15 is 0 Å². The van der Waals surface area contributed by atoms with Crippen molar-refractivity contribution in [3.63, 3.8) is 0 Å². The van der Waals surface area contributed by atoms with Crippen molar-refractivity contribution in [3.8, 4) is 0 Å². The van der Waals surface area contributed by atoms with Crippen molar-refractivity contribution >= 4 is 17.4 Å². The summed E-state index contributed by atoms with van der Waals surface area (Å²) >= 11 is 4.81. The molecule has 2 aliphatic carbocycles. The number of hydrogen-bond donors (Lipinski definition) is 0.